The molecule has 0 radical (unpaired) electrons. The summed E-state index contributed by atoms with van der Waals surface area (Å²) in [7, 11) is 1.40. The van der Waals surface area contributed by atoms with Gasteiger partial charge >= 0.3 is 5.97 Å². The van der Waals surface area contributed by atoms with E-state index in [1.54, 1.807) is 4.90 Å². The monoisotopic (exact) mass is 384 g/mol. The van der Waals surface area contributed by atoms with Crippen LogP contribution < -0.4 is 5.32 Å². The lowest BCUT2D eigenvalue weighted by Gasteiger charge is -2.41. The summed E-state index contributed by atoms with van der Waals surface area (Å²) in [5.41, 5.74) is 0.309. The van der Waals surface area contributed by atoms with Gasteiger partial charge in [0.2, 0.25) is 11.8 Å². The summed E-state index contributed by atoms with van der Waals surface area (Å²) >= 11 is 0. The summed E-state index contributed by atoms with van der Waals surface area (Å²) in [6.45, 7) is 4.59. The first-order chi connectivity index (χ1) is 13.5. The standard InChI is InChI=1S/C22H28N2O4/c1-3-19(25)24-13-11-22(12-14-24,17-7-5-4-6-8-17)21(27)23-18-10-9-16(15-18)20(26)28-2/h3-8,16,18H,1,9-15H2,2H3,(H,23,27)/t16-,18+/m1/s1. The second kappa shape index (κ2) is 8.59. The molecule has 1 saturated heterocycles. The Morgan fingerprint density at radius 3 is 2.46 bits per heavy atom. The third-order valence-corrected chi connectivity index (χ3v) is 6.17. The maximum absolute atomic E-state index is 13.4. The number of esters is 1. The predicted molar refractivity (Wildman–Crippen MR) is 105 cm³/mol. The van der Waals surface area contributed by atoms with Crippen LogP contribution in [0.1, 0.15) is 37.7 Å². The number of benzene rings is 1. The lowest BCUT2D eigenvalue weighted by molar-refractivity contribution is -0.145. The van der Waals surface area contributed by atoms with Gasteiger partial charge in [0.1, 0.15) is 0 Å². The van der Waals surface area contributed by atoms with Crippen molar-refractivity contribution < 1.29 is 19.1 Å². The molecule has 1 N–H and O–H groups in total. The molecule has 2 aliphatic rings. The van der Waals surface area contributed by atoms with Crippen LogP contribution in [0.3, 0.4) is 0 Å². The van der Waals surface area contributed by atoms with E-state index in [4.69, 9.17) is 4.74 Å². The smallest absolute Gasteiger partial charge is 0.308 e. The van der Waals surface area contributed by atoms with E-state index in [0.29, 0.717) is 32.4 Å². The topological polar surface area (TPSA) is 75.7 Å². The van der Waals surface area contributed by atoms with Gasteiger partial charge in [0.15, 0.2) is 0 Å². The molecule has 28 heavy (non-hydrogen) atoms. The largest absolute Gasteiger partial charge is 0.469 e. The number of hydrogen-bond donors (Lipinski definition) is 1. The number of ether oxygens (including phenoxy) is 1. The summed E-state index contributed by atoms with van der Waals surface area (Å²) in [5.74, 6) is -0.459. The number of piperidine rings is 1. The van der Waals surface area contributed by atoms with Crippen molar-refractivity contribution in [2.75, 3.05) is 20.2 Å². The molecular weight excluding hydrogens is 356 g/mol. The highest BCUT2D eigenvalue weighted by molar-refractivity contribution is 5.90. The molecule has 1 aliphatic carbocycles. The Morgan fingerprint density at radius 2 is 1.86 bits per heavy atom. The number of hydrogen-bond acceptors (Lipinski definition) is 4. The number of amides is 2. The number of carbonyl (C=O) groups is 3. The second-order valence-corrected chi connectivity index (χ2v) is 7.68. The number of nitrogens with zero attached hydrogens (tertiary/aromatic N) is 1. The Bertz CT molecular complexity index is 738. The number of carbonyl (C=O) groups excluding carboxylic acids is 3. The highest BCUT2D eigenvalue weighted by atomic mass is 16.5. The summed E-state index contributed by atoms with van der Waals surface area (Å²) in [6.07, 6.45) is 4.58. The van der Waals surface area contributed by atoms with Gasteiger partial charge in [0, 0.05) is 19.1 Å². The molecule has 0 spiro atoms. The first-order valence-corrected chi connectivity index (χ1v) is 9.86. The molecule has 3 rings (SSSR count). The zero-order chi connectivity index (χ0) is 20.1. The Morgan fingerprint density at radius 1 is 1.18 bits per heavy atom. The van der Waals surface area contributed by atoms with Crippen LogP contribution in [0.2, 0.25) is 0 Å². The van der Waals surface area contributed by atoms with Crippen molar-refractivity contribution in [3.63, 3.8) is 0 Å². The molecule has 2 amide bonds. The Balaban J connectivity index is 1.75. The van der Waals surface area contributed by atoms with Crippen LogP contribution >= 0.6 is 0 Å². The quantitative estimate of drug-likeness (QED) is 0.624. The number of rotatable bonds is 5. The lowest BCUT2D eigenvalue weighted by Crippen LogP contribution is -2.54. The SMILES string of the molecule is C=CC(=O)N1CCC(C(=O)N[C@H]2CC[C@@H](C(=O)OC)C2)(c2ccccc2)CC1. The molecule has 6 nitrogen and oxygen atoms in total. The van der Waals surface area contributed by atoms with E-state index in [1.165, 1.54) is 13.2 Å². The molecule has 1 aromatic rings. The third-order valence-electron chi connectivity index (χ3n) is 6.17. The highest BCUT2D eigenvalue weighted by Gasteiger charge is 2.44. The zero-order valence-corrected chi connectivity index (χ0v) is 16.4. The summed E-state index contributed by atoms with van der Waals surface area (Å²) < 4.78 is 4.84. The van der Waals surface area contributed by atoms with Crippen LogP contribution in [0.4, 0.5) is 0 Å². The van der Waals surface area contributed by atoms with Crippen LogP contribution in [-0.2, 0) is 24.5 Å². The molecule has 1 heterocycles. The van der Waals surface area contributed by atoms with Crippen LogP contribution in [0.25, 0.3) is 0 Å². The van der Waals surface area contributed by atoms with E-state index < -0.39 is 5.41 Å². The number of likely N-dealkylation sites (tertiary alicyclic amines) is 1. The lowest BCUT2D eigenvalue weighted by atomic mass is 9.71. The molecule has 6 heteroatoms. The van der Waals surface area contributed by atoms with Crippen LogP contribution in [-0.4, -0.2) is 48.9 Å². The van der Waals surface area contributed by atoms with Crippen molar-refractivity contribution in [3.8, 4) is 0 Å². The first-order valence-electron chi connectivity index (χ1n) is 9.86. The molecule has 0 aromatic heterocycles. The fourth-order valence-electron chi connectivity index (χ4n) is 4.46. The van der Waals surface area contributed by atoms with Crippen molar-refractivity contribution in [2.45, 2.75) is 43.6 Å². The van der Waals surface area contributed by atoms with E-state index in [-0.39, 0.29) is 29.7 Å². The number of methoxy groups -OCH3 is 1. The molecular formula is C22H28N2O4. The average molecular weight is 384 g/mol. The highest BCUT2D eigenvalue weighted by Crippen LogP contribution is 2.37. The molecule has 1 aromatic carbocycles. The van der Waals surface area contributed by atoms with E-state index in [9.17, 15) is 14.4 Å². The normalized spacial score (nSPS) is 23.7. The fraction of sp³-hybridized carbons (Fsp3) is 0.500. The Kier molecular flexibility index (Phi) is 6.17. The van der Waals surface area contributed by atoms with E-state index in [0.717, 1.165) is 18.4 Å². The van der Waals surface area contributed by atoms with Crippen LogP contribution in [0.15, 0.2) is 43.0 Å². The maximum atomic E-state index is 13.4. The van der Waals surface area contributed by atoms with Gasteiger partial charge in [-0.15, -0.1) is 0 Å². The number of nitrogens with one attached hydrogen (secondary N) is 1. The minimum absolute atomic E-state index is 0.0140. The van der Waals surface area contributed by atoms with Gasteiger partial charge in [-0.1, -0.05) is 36.9 Å². The van der Waals surface area contributed by atoms with E-state index in [2.05, 4.69) is 11.9 Å². The molecule has 2 fully saturated rings. The van der Waals surface area contributed by atoms with Gasteiger partial charge in [-0.25, -0.2) is 0 Å². The van der Waals surface area contributed by atoms with Gasteiger partial charge in [0.25, 0.3) is 0 Å². The van der Waals surface area contributed by atoms with Gasteiger partial charge < -0.3 is 15.0 Å². The molecule has 1 saturated carbocycles. The predicted octanol–water partition coefficient (Wildman–Crippen LogP) is 2.19. The van der Waals surface area contributed by atoms with E-state index >= 15 is 0 Å². The first kappa shape index (κ1) is 20.1. The van der Waals surface area contributed by atoms with Crippen molar-refractivity contribution in [1.82, 2.24) is 10.2 Å². The average Bonchev–Trinajstić information content (AvgIpc) is 3.21. The van der Waals surface area contributed by atoms with Crippen LogP contribution in [0.5, 0.6) is 0 Å². The van der Waals surface area contributed by atoms with Gasteiger partial charge in [-0.05, 0) is 43.7 Å². The second-order valence-electron chi connectivity index (χ2n) is 7.68. The van der Waals surface area contributed by atoms with Crippen LogP contribution in [0, 0.1) is 5.92 Å². The van der Waals surface area contributed by atoms with E-state index in [1.807, 2.05) is 30.3 Å². The van der Waals surface area contributed by atoms with Crippen molar-refractivity contribution in [1.29, 1.82) is 0 Å². The summed E-state index contributed by atoms with van der Waals surface area (Å²) in [6, 6.07) is 9.75. The molecule has 150 valence electrons. The molecule has 0 bridgehead atoms. The van der Waals surface area contributed by atoms with Crippen molar-refractivity contribution in [2.24, 2.45) is 5.92 Å². The minimum Gasteiger partial charge on any atom is -0.469 e. The summed E-state index contributed by atoms with van der Waals surface area (Å²) in [4.78, 5) is 38.9. The van der Waals surface area contributed by atoms with Gasteiger partial charge in [0.05, 0.1) is 18.4 Å². The molecule has 0 unspecified atom stereocenters. The van der Waals surface area contributed by atoms with Crippen molar-refractivity contribution in [3.05, 3.63) is 48.6 Å². The maximum Gasteiger partial charge on any atom is 0.308 e. The Hall–Kier alpha value is -2.63. The molecule has 2 atom stereocenters. The fourth-order valence-corrected chi connectivity index (χ4v) is 4.46. The zero-order valence-electron chi connectivity index (χ0n) is 16.4. The minimum atomic E-state index is -0.664. The summed E-state index contributed by atoms with van der Waals surface area (Å²) in [5, 5.41) is 3.18. The van der Waals surface area contributed by atoms with Crippen molar-refractivity contribution >= 4 is 17.8 Å². The van der Waals surface area contributed by atoms with Gasteiger partial charge in [-0.2, -0.15) is 0 Å². The Labute approximate surface area is 165 Å². The molecule has 1 aliphatic heterocycles. The third kappa shape index (κ3) is 3.96. The van der Waals surface area contributed by atoms with Gasteiger partial charge in [-0.3, -0.25) is 14.4 Å².